The zero-order chi connectivity index (χ0) is 13.4. The Labute approximate surface area is 108 Å². The van der Waals surface area contributed by atoms with Crippen LogP contribution in [0.25, 0.3) is 0 Å². The molecule has 0 aliphatic rings. The van der Waals surface area contributed by atoms with Crippen LogP contribution in [0.2, 0.25) is 0 Å². The SMILES string of the molecule is CCOCC(=O)Nc1ccc(C)c(C#CCN)c1. The van der Waals surface area contributed by atoms with E-state index in [4.69, 9.17) is 10.5 Å². The van der Waals surface area contributed by atoms with Crippen molar-refractivity contribution in [3.8, 4) is 11.8 Å². The maximum absolute atomic E-state index is 11.5. The molecule has 18 heavy (non-hydrogen) atoms. The molecule has 3 N–H and O–H groups in total. The summed E-state index contributed by atoms with van der Waals surface area (Å²) in [5.41, 5.74) is 7.98. The van der Waals surface area contributed by atoms with Crippen LogP contribution in [-0.2, 0) is 9.53 Å². The van der Waals surface area contributed by atoms with E-state index in [0.717, 1.165) is 11.1 Å². The first kappa shape index (κ1) is 14.2. The van der Waals surface area contributed by atoms with E-state index in [9.17, 15) is 4.79 Å². The second kappa shape index (κ2) is 7.49. The third-order valence-corrected chi connectivity index (χ3v) is 2.28. The first-order valence-corrected chi connectivity index (χ1v) is 5.84. The van der Waals surface area contributed by atoms with Crippen molar-refractivity contribution in [3.63, 3.8) is 0 Å². The molecule has 1 aromatic rings. The van der Waals surface area contributed by atoms with E-state index in [2.05, 4.69) is 17.2 Å². The van der Waals surface area contributed by atoms with E-state index in [0.29, 0.717) is 18.8 Å². The molecule has 1 amide bonds. The average molecular weight is 246 g/mol. The molecule has 0 spiro atoms. The Balaban J connectivity index is 2.75. The molecule has 0 unspecified atom stereocenters. The Morgan fingerprint density at radius 2 is 2.28 bits per heavy atom. The highest BCUT2D eigenvalue weighted by atomic mass is 16.5. The van der Waals surface area contributed by atoms with Crippen LogP contribution in [-0.4, -0.2) is 25.7 Å². The Morgan fingerprint density at radius 3 is 2.94 bits per heavy atom. The molecule has 0 fully saturated rings. The van der Waals surface area contributed by atoms with E-state index in [1.54, 1.807) is 0 Å². The van der Waals surface area contributed by atoms with Crippen LogP contribution in [0.5, 0.6) is 0 Å². The first-order chi connectivity index (χ1) is 8.67. The number of carbonyl (C=O) groups is 1. The zero-order valence-corrected chi connectivity index (χ0v) is 10.7. The number of benzene rings is 1. The fourth-order valence-electron chi connectivity index (χ4n) is 1.37. The largest absolute Gasteiger partial charge is 0.372 e. The highest BCUT2D eigenvalue weighted by molar-refractivity contribution is 5.91. The van der Waals surface area contributed by atoms with Gasteiger partial charge in [-0.2, -0.15) is 0 Å². The van der Waals surface area contributed by atoms with E-state index >= 15 is 0 Å². The number of anilines is 1. The zero-order valence-electron chi connectivity index (χ0n) is 10.7. The van der Waals surface area contributed by atoms with Crippen molar-refractivity contribution in [2.45, 2.75) is 13.8 Å². The van der Waals surface area contributed by atoms with Crippen molar-refractivity contribution in [1.29, 1.82) is 0 Å². The minimum atomic E-state index is -0.168. The van der Waals surface area contributed by atoms with Gasteiger partial charge in [0.15, 0.2) is 0 Å². The van der Waals surface area contributed by atoms with Crippen molar-refractivity contribution in [2.24, 2.45) is 5.73 Å². The quantitative estimate of drug-likeness (QED) is 0.787. The Morgan fingerprint density at radius 1 is 1.50 bits per heavy atom. The maximum atomic E-state index is 11.5. The molecule has 0 saturated carbocycles. The summed E-state index contributed by atoms with van der Waals surface area (Å²) in [5.74, 6) is 5.60. The number of carbonyl (C=O) groups excluding carboxylic acids is 1. The topological polar surface area (TPSA) is 64.3 Å². The molecular weight excluding hydrogens is 228 g/mol. The third-order valence-electron chi connectivity index (χ3n) is 2.28. The summed E-state index contributed by atoms with van der Waals surface area (Å²) in [6.07, 6.45) is 0. The number of nitrogens with two attached hydrogens (primary N) is 1. The second-order valence-corrected chi connectivity index (χ2v) is 3.72. The highest BCUT2D eigenvalue weighted by Gasteiger charge is 2.03. The molecule has 1 aromatic carbocycles. The van der Waals surface area contributed by atoms with Crippen LogP contribution >= 0.6 is 0 Å². The molecule has 96 valence electrons. The van der Waals surface area contributed by atoms with Crippen LogP contribution in [0.4, 0.5) is 5.69 Å². The van der Waals surface area contributed by atoms with Crippen molar-refractivity contribution in [3.05, 3.63) is 29.3 Å². The van der Waals surface area contributed by atoms with E-state index < -0.39 is 0 Å². The molecule has 0 aromatic heterocycles. The summed E-state index contributed by atoms with van der Waals surface area (Å²) in [4.78, 5) is 11.5. The van der Waals surface area contributed by atoms with Gasteiger partial charge < -0.3 is 15.8 Å². The molecule has 0 saturated heterocycles. The summed E-state index contributed by atoms with van der Waals surface area (Å²) >= 11 is 0. The lowest BCUT2D eigenvalue weighted by molar-refractivity contribution is -0.120. The number of hydrogen-bond acceptors (Lipinski definition) is 3. The monoisotopic (exact) mass is 246 g/mol. The van der Waals surface area contributed by atoms with Gasteiger partial charge in [-0.15, -0.1) is 0 Å². The lowest BCUT2D eigenvalue weighted by atomic mass is 10.1. The molecule has 0 radical (unpaired) electrons. The fourth-order valence-corrected chi connectivity index (χ4v) is 1.37. The Kier molecular flexibility index (Phi) is 5.92. The van der Waals surface area contributed by atoms with Crippen LogP contribution < -0.4 is 11.1 Å². The summed E-state index contributed by atoms with van der Waals surface area (Å²) in [6.45, 7) is 4.72. The summed E-state index contributed by atoms with van der Waals surface area (Å²) in [6, 6.07) is 5.59. The van der Waals surface area contributed by atoms with Gasteiger partial charge in [0, 0.05) is 17.9 Å². The van der Waals surface area contributed by atoms with Crippen LogP contribution in [0.15, 0.2) is 18.2 Å². The first-order valence-electron chi connectivity index (χ1n) is 5.84. The Hall–Kier alpha value is -1.83. The van der Waals surface area contributed by atoms with Crippen LogP contribution in [0, 0.1) is 18.8 Å². The predicted octanol–water partition coefficient (Wildman–Crippen LogP) is 1.28. The van der Waals surface area contributed by atoms with Crippen molar-refractivity contribution < 1.29 is 9.53 Å². The molecule has 1 rings (SSSR count). The molecule has 0 atom stereocenters. The summed E-state index contributed by atoms with van der Waals surface area (Å²) in [7, 11) is 0. The van der Waals surface area contributed by atoms with Gasteiger partial charge in [0.1, 0.15) is 6.61 Å². The van der Waals surface area contributed by atoms with Crippen LogP contribution in [0.3, 0.4) is 0 Å². The van der Waals surface area contributed by atoms with Gasteiger partial charge in [-0.3, -0.25) is 4.79 Å². The molecule has 0 aliphatic heterocycles. The van der Waals surface area contributed by atoms with Gasteiger partial charge >= 0.3 is 0 Å². The fraction of sp³-hybridized carbons (Fsp3) is 0.357. The minimum Gasteiger partial charge on any atom is -0.372 e. The van der Waals surface area contributed by atoms with Gasteiger partial charge in [-0.25, -0.2) is 0 Å². The van der Waals surface area contributed by atoms with Gasteiger partial charge in [0.2, 0.25) is 5.91 Å². The molecule has 0 aliphatic carbocycles. The van der Waals surface area contributed by atoms with Gasteiger partial charge in [0.05, 0.1) is 6.54 Å². The van der Waals surface area contributed by atoms with E-state index in [-0.39, 0.29) is 12.5 Å². The van der Waals surface area contributed by atoms with Crippen molar-refractivity contribution in [2.75, 3.05) is 25.1 Å². The smallest absolute Gasteiger partial charge is 0.250 e. The molecule has 0 heterocycles. The Bertz CT molecular complexity index is 472. The maximum Gasteiger partial charge on any atom is 0.250 e. The summed E-state index contributed by atoms with van der Waals surface area (Å²) < 4.78 is 5.03. The average Bonchev–Trinajstić information content (AvgIpc) is 2.37. The number of rotatable bonds is 4. The number of aryl methyl sites for hydroxylation is 1. The van der Waals surface area contributed by atoms with Crippen LogP contribution in [0.1, 0.15) is 18.1 Å². The van der Waals surface area contributed by atoms with Gasteiger partial charge in [0.25, 0.3) is 0 Å². The lowest BCUT2D eigenvalue weighted by Crippen LogP contribution is -2.18. The molecule has 4 nitrogen and oxygen atoms in total. The molecule has 0 bridgehead atoms. The molecular formula is C14H18N2O2. The predicted molar refractivity (Wildman–Crippen MR) is 72.2 cm³/mol. The number of ether oxygens (including phenoxy) is 1. The minimum absolute atomic E-state index is 0.0637. The highest BCUT2D eigenvalue weighted by Crippen LogP contribution is 2.14. The lowest BCUT2D eigenvalue weighted by Gasteiger charge is -2.07. The van der Waals surface area contributed by atoms with E-state index in [1.807, 2.05) is 32.0 Å². The number of hydrogen-bond donors (Lipinski definition) is 2. The van der Waals surface area contributed by atoms with Gasteiger partial charge in [-0.1, -0.05) is 17.9 Å². The van der Waals surface area contributed by atoms with Crippen molar-refractivity contribution in [1.82, 2.24) is 0 Å². The standard InChI is InChI=1S/C14H18N2O2/c1-3-18-10-14(17)16-13-7-6-11(2)12(9-13)5-4-8-15/h6-7,9H,3,8,10,15H2,1-2H3,(H,16,17). The van der Waals surface area contributed by atoms with E-state index in [1.165, 1.54) is 0 Å². The number of amides is 1. The summed E-state index contributed by atoms with van der Waals surface area (Å²) in [5, 5.41) is 2.76. The second-order valence-electron chi connectivity index (χ2n) is 3.72. The third kappa shape index (κ3) is 4.58. The normalized spacial score (nSPS) is 9.50. The molecule has 4 heteroatoms. The van der Waals surface area contributed by atoms with Gasteiger partial charge in [-0.05, 0) is 31.5 Å². The number of nitrogens with one attached hydrogen (secondary N) is 1. The van der Waals surface area contributed by atoms with Crippen molar-refractivity contribution >= 4 is 11.6 Å².